The second-order valence-corrected chi connectivity index (χ2v) is 8.67. The van der Waals surface area contributed by atoms with Crippen LogP contribution in [-0.4, -0.2) is 38.2 Å². The predicted molar refractivity (Wildman–Crippen MR) is 112 cm³/mol. The van der Waals surface area contributed by atoms with E-state index < -0.39 is 0 Å². The van der Waals surface area contributed by atoms with Gasteiger partial charge >= 0.3 is 0 Å². The third-order valence-electron chi connectivity index (χ3n) is 4.87. The Morgan fingerprint density at radius 2 is 1.78 bits per heavy atom. The summed E-state index contributed by atoms with van der Waals surface area (Å²) in [4.78, 5) is 2.42. The molecular weight excluding hydrogens is 402 g/mol. The Kier molecular flexibility index (Phi) is 5.77. The molecule has 5 nitrogen and oxygen atoms in total. The Labute approximate surface area is 169 Å². The predicted octanol–water partition coefficient (Wildman–Crippen LogP) is 4.65. The maximum absolute atomic E-state index is 4.43. The van der Waals surface area contributed by atoms with Crippen molar-refractivity contribution in [2.24, 2.45) is 0 Å². The van der Waals surface area contributed by atoms with Gasteiger partial charge in [-0.05, 0) is 66.5 Å². The van der Waals surface area contributed by atoms with Crippen molar-refractivity contribution in [1.82, 2.24) is 25.1 Å². The Bertz CT molecular complexity index is 857. The zero-order chi connectivity index (χ0) is 19.6. The van der Waals surface area contributed by atoms with E-state index in [2.05, 4.69) is 94.5 Å². The van der Waals surface area contributed by atoms with Gasteiger partial charge in [-0.3, -0.25) is 4.90 Å². The molecule has 1 aliphatic rings. The minimum atomic E-state index is -0.203. The number of allylic oxidation sites excluding steroid dienone is 1. The number of benzene rings is 1. The van der Waals surface area contributed by atoms with Crippen molar-refractivity contribution in [3.8, 4) is 0 Å². The van der Waals surface area contributed by atoms with E-state index >= 15 is 0 Å². The molecule has 0 saturated carbocycles. The molecule has 0 N–H and O–H groups in total. The van der Waals surface area contributed by atoms with Crippen molar-refractivity contribution in [3.63, 3.8) is 0 Å². The van der Waals surface area contributed by atoms with Crippen molar-refractivity contribution < 1.29 is 0 Å². The Morgan fingerprint density at radius 1 is 1.11 bits per heavy atom. The number of rotatable bonds is 5. The highest BCUT2D eigenvalue weighted by Gasteiger charge is 2.33. The van der Waals surface area contributed by atoms with Gasteiger partial charge in [0.15, 0.2) is 5.82 Å². The third-order valence-corrected chi connectivity index (χ3v) is 5.40. The molecule has 1 unspecified atom stereocenters. The molecule has 3 rings (SSSR count). The molecule has 1 aromatic carbocycles. The molecule has 0 aliphatic carbocycles. The molecule has 1 aliphatic heterocycles. The summed E-state index contributed by atoms with van der Waals surface area (Å²) in [5, 5.41) is 12.7. The van der Waals surface area contributed by atoms with Crippen LogP contribution in [0.3, 0.4) is 0 Å². The minimum Gasteiger partial charge on any atom is -0.285 e. The highest BCUT2D eigenvalue weighted by Crippen LogP contribution is 2.34. The molecule has 27 heavy (non-hydrogen) atoms. The Morgan fingerprint density at radius 3 is 2.37 bits per heavy atom. The summed E-state index contributed by atoms with van der Waals surface area (Å²) in [6, 6.07) is 8.37. The van der Waals surface area contributed by atoms with Gasteiger partial charge in [-0.15, -0.1) is 5.10 Å². The molecule has 0 bridgehead atoms. The minimum absolute atomic E-state index is 0.0337. The topological polar surface area (TPSA) is 46.8 Å². The molecule has 0 spiro atoms. The second kappa shape index (κ2) is 7.90. The van der Waals surface area contributed by atoms with Crippen LogP contribution in [-0.2, 0) is 5.54 Å². The van der Waals surface area contributed by atoms with E-state index in [1.165, 1.54) is 16.7 Å². The van der Waals surface area contributed by atoms with E-state index in [4.69, 9.17) is 0 Å². The first kappa shape index (κ1) is 19.7. The summed E-state index contributed by atoms with van der Waals surface area (Å²) in [6.45, 7) is 16.0. The molecule has 2 heterocycles. The van der Waals surface area contributed by atoms with Gasteiger partial charge in [-0.25, -0.2) is 4.68 Å². The van der Waals surface area contributed by atoms with Crippen LogP contribution in [0.2, 0.25) is 0 Å². The molecule has 0 amide bonds. The van der Waals surface area contributed by atoms with Crippen molar-refractivity contribution >= 4 is 15.9 Å². The summed E-state index contributed by atoms with van der Waals surface area (Å²) in [5.41, 5.74) is 3.45. The molecule has 0 radical (unpaired) electrons. The Balaban J connectivity index is 2.09. The maximum Gasteiger partial charge on any atom is 0.173 e. The fourth-order valence-electron chi connectivity index (χ4n) is 3.48. The molecule has 6 heteroatoms. The van der Waals surface area contributed by atoms with Crippen LogP contribution in [0.15, 0.2) is 65.2 Å². The molecule has 142 valence electrons. The molecule has 1 aromatic heterocycles. The van der Waals surface area contributed by atoms with Crippen LogP contribution in [0, 0.1) is 0 Å². The monoisotopic (exact) mass is 427 g/mol. The van der Waals surface area contributed by atoms with E-state index in [-0.39, 0.29) is 11.6 Å². The summed E-state index contributed by atoms with van der Waals surface area (Å²) >= 11 is 3.53. The first-order valence-corrected chi connectivity index (χ1v) is 9.89. The average Bonchev–Trinajstić information content (AvgIpc) is 3.13. The fraction of sp³-hybridized carbons (Fsp3) is 0.381. The van der Waals surface area contributed by atoms with Gasteiger partial charge in [0.1, 0.15) is 0 Å². The lowest BCUT2D eigenvalue weighted by atomic mass is 9.95. The van der Waals surface area contributed by atoms with Crippen LogP contribution in [0.25, 0.3) is 0 Å². The number of hydrogen-bond acceptors (Lipinski definition) is 4. The van der Waals surface area contributed by atoms with Gasteiger partial charge in [0.05, 0.1) is 11.6 Å². The van der Waals surface area contributed by atoms with Crippen LogP contribution in [0.5, 0.6) is 0 Å². The van der Waals surface area contributed by atoms with Crippen LogP contribution < -0.4 is 0 Å². The average molecular weight is 428 g/mol. The first-order valence-electron chi connectivity index (χ1n) is 9.10. The molecule has 0 fully saturated rings. The van der Waals surface area contributed by atoms with Gasteiger partial charge in [0, 0.05) is 17.6 Å². The number of halogens is 1. The van der Waals surface area contributed by atoms with Gasteiger partial charge < -0.3 is 0 Å². The zero-order valence-corrected chi connectivity index (χ0v) is 17.8. The lowest BCUT2D eigenvalue weighted by Crippen LogP contribution is -2.38. The largest absolute Gasteiger partial charge is 0.285 e. The second-order valence-electron chi connectivity index (χ2n) is 7.75. The highest BCUT2D eigenvalue weighted by molar-refractivity contribution is 9.10. The zero-order valence-electron chi connectivity index (χ0n) is 16.2. The number of tetrazole rings is 1. The van der Waals surface area contributed by atoms with E-state index in [1.807, 2.05) is 16.8 Å². The van der Waals surface area contributed by atoms with Gasteiger partial charge in [-0.2, -0.15) is 0 Å². The van der Waals surface area contributed by atoms with Gasteiger partial charge in [0.2, 0.25) is 0 Å². The molecule has 0 saturated heterocycles. The van der Waals surface area contributed by atoms with E-state index in [1.54, 1.807) is 0 Å². The SMILES string of the molecule is C=CC1=C(C=C)CN(C(c2ccc(Br)cc2)c2nnnn2C(C)(C)C)CC1. The van der Waals surface area contributed by atoms with E-state index in [9.17, 15) is 0 Å². The summed E-state index contributed by atoms with van der Waals surface area (Å²) < 4.78 is 2.99. The quantitative estimate of drug-likeness (QED) is 0.696. The normalized spacial score (nSPS) is 17.0. The molecular formula is C21H26BrN5. The standard InChI is InChI=1S/C21H26BrN5/c1-6-15-12-13-26(14-16(15)7-2)19(17-8-10-18(22)11-9-17)20-23-24-25-27(20)21(3,4)5/h6-11,19H,1-2,12-14H2,3-5H3. The van der Waals surface area contributed by atoms with Crippen molar-refractivity contribution in [1.29, 1.82) is 0 Å². The van der Waals surface area contributed by atoms with Crippen LogP contribution in [0.1, 0.15) is 44.6 Å². The molecule has 1 atom stereocenters. The first-order chi connectivity index (χ1) is 12.8. The number of aromatic nitrogens is 4. The third kappa shape index (κ3) is 4.12. The maximum atomic E-state index is 4.43. The summed E-state index contributed by atoms with van der Waals surface area (Å²) in [6.07, 6.45) is 4.83. The van der Waals surface area contributed by atoms with Crippen molar-refractivity contribution in [3.05, 3.63) is 76.6 Å². The summed E-state index contributed by atoms with van der Waals surface area (Å²) in [7, 11) is 0. The van der Waals surface area contributed by atoms with Crippen molar-refractivity contribution in [2.45, 2.75) is 38.8 Å². The van der Waals surface area contributed by atoms with E-state index in [0.717, 1.165) is 29.8 Å². The number of nitrogens with zero attached hydrogens (tertiary/aromatic N) is 5. The van der Waals surface area contributed by atoms with Crippen LogP contribution in [0.4, 0.5) is 0 Å². The van der Waals surface area contributed by atoms with Crippen LogP contribution >= 0.6 is 15.9 Å². The van der Waals surface area contributed by atoms with Gasteiger partial charge in [0.25, 0.3) is 0 Å². The number of hydrogen-bond donors (Lipinski definition) is 0. The lowest BCUT2D eigenvalue weighted by Gasteiger charge is -2.36. The molecule has 2 aromatic rings. The highest BCUT2D eigenvalue weighted by atomic mass is 79.9. The smallest absolute Gasteiger partial charge is 0.173 e. The summed E-state index contributed by atoms with van der Waals surface area (Å²) in [5.74, 6) is 0.857. The fourth-order valence-corrected chi connectivity index (χ4v) is 3.75. The van der Waals surface area contributed by atoms with E-state index in [0.29, 0.717) is 0 Å². The Hall–Kier alpha value is -2.05. The lowest BCUT2D eigenvalue weighted by molar-refractivity contribution is 0.212. The van der Waals surface area contributed by atoms with Gasteiger partial charge in [-0.1, -0.05) is 53.4 Å². The van der Waals surface area contributed by atoms with Crippen molar-refractivity contribution in [2.75, 3.05) is 13.1 Å².